The molecule has 172 valence electrons. The first kappa shape index (κ1) is 23.2. The molecule has 3 rings (SSSR count). The van der Waals surface area contributed by atoms with Gasteiger partial charge in [0.15, 0.2) is 5.69 Å². The van der Waals surface area contributed by atoms with Gasteiger partial charge in [-0.3, -0.25) is 19.1 Å². The number of nitrogens with one attached hydrogen (secondary N) is 2. The van der Waals surface area contributed by atoms with Gasteiger partial charge in [-0.2, -0.15) is 5.10 Å². The first-order valence-electron chi connectivity index (χ1n) is 11.3. The molecule has 1 aromatic rings. The van der Waals surface area contributed by atoms with Gasteiger partial charge in [0.2, 0.25) is 5.91 Å². The van der Waals surface area contributed by atoms with Crippen LogP contribution in [0.5, 0.6) is 0 Å². The van der Waals surface area contributed by atoms with Crippen molar-refractivity contribution >= 4 is 17.7 Å². The third-order valence-corrected chi connectivity index (χ3v) is 6.22. The molecule has 31 heavy (non-hydrogen) atoms. The van der Waals surface area contributed by atoms with Crippen molar-refractivity contribution in [3.63, 3.8) is 0 Å². The summed E-state index contributed by atoms with van der Waals surface area (Å²) in [5, 5.41) is 10.3. The summed E-state index contributed by atoms with van der Waals surface area (Å²) in [6.07, 6.45) is 6.22. The van der Waals surface area contributed by atoms with E-state index in [-0.39, 0.29) is 42.1 Å². The van der Waals surface area contributed by atoms with Crippen LogP contribution < -0.4 is 10.6 Å². The maximum absolute atomic E-state index is 13.1. The van der Waals surface area contributed by atoms with Crippen LogP contribution in [0.15, 0.2) is 6.07 Å². The molecule has 1 aliphatic carbocycles. The lowest BCUT2D eigenvalue weighted by Gasteiger charge is -2.41. The Morgan fingerprint density at radius 3 is 2.68 bits per heavy atom. The Bertz CT molecular complexity index is 815. The highest BCUT2D eigenvalue weighted by atomic mass is 16.5. The lowest BCUT2D eigenvalue weighted by atomic mass is 9.92. The molecule has 0 aromatic carbocycles. The molecular formula is C22H35N5O4. The van der Waals surface area contributed by atoms with Crippen LogP contribution in [-0.4, -0.2) is 70.3 Å². The zero-order valence-electron chi connectivity index (χ0n) is 19.1. The number of amides is 3. The van der Waals surface area contributed by atoms with Crippen LogP contribution in [0.4, 0.5) is 0 Å². The van der Waals surface area contributed by atoms with Gasteiger partial charge < -0.3 is 20.3 Å². The van der Waals surface area contributed by atoms with Crippen LogP contribution in [0, 0.1) is 0 Å². The molecule has 0 bridgehead atoms. The van der Waals surface area contributed by atoms with E-state index in [1.807, 2.05) is 13.8 Å². The molecule has 1 aliphatic heterocycles. The van der Waals surface area contributed by atoms with Crippen LogP contribution in [0.1, 0.15) is 80.3 Å². The lowest BCUT2D eigenvalue weighted by molar-refractivity contribution is -0.133. The van der Waals surface area contributed by atoms with Gasteiger partial charge in [-0.15, -0.1) is 0 Å². The standard InChI is InChI=1S/C22H35N5O4/c1-15(2)31-12-8-11-23-19(28)17-13-18-20(29)26(4)22(3,14-27(18)25-17)21(30)24-16-9-6-5-7-10-16/h13,15-16H,5-12,14H2,1-4H3,(H,23,28)(H,24,30). The van der Waals surface area contributed by atoms with E-state index in [0.29, 0.717) is 25.3 Å². The molecule has 2 N–H and O–H groups in total. The van der Waals surface area contributed by atoms with E-state index >= 15 is 0 Å². The average Bonchev–Trinajstić information content (AvgIpc) is 3.16. The van der Waals surface area contributed by atoms with E-state index in [9.17, 15) is 14.4 Å². The number of aromatic nitrogens is 2. The van der Waals surface area contributed by atoms with Gasteiger partial charge >= 0.3 is 0 Å². The van der Waals surface area contributed by atoms with E-state index in [0.717, 1.165) is 25.7 Å². The van der Waals surface area contributed by atoms with Gasteiger partial charge in [0.1, 0.15) is 11.2 Å². The van der Waals surface area contributed by atoms with Crippen molar-refractivity contribution in [3.05, 3.63) is 17.5 Å². The molecule has 1 aromatic heterocycles. The fourth-order valence-electron chi connectivity index (χ4n) is 4.11. The number of carbonyl (C=O) groups is 3. The summed E-state index contributed by atoms with van der Waals surface area (Å²) in [5.41, 5.74) is -0.563. The van der Waals surface area contributed by atoms with Crippen molar-refractivity contribution in [2.45, 2.75) is 83.5 Å². The zero-order valence-corrected chi connectivity index (χ0v) is 19.1. The van der Waals surface area contributed by atoms with E-state index < -0.39 is 5.54 Å². The van der Waals surface area contributed by atoms with Crippen LogP contribution in [0.25, 0.3) is 0 Å². The average molecular weight is 434 g/mol. The number of ether oxygens (including phenoxy) is 1. The molecule has 1 atom stereocenters. The monoisotopic (exact) mass is 433 g/mol. The third kappa shape index (κ3) is 5.26. The first-order chi connectivity index (χ1) is 14.7. The molecule has 9 nitrogen and oxygen atoms in total. The number of hydrogen-bond acceptors (Lipinski definition) is 5. The molecular weight excluding hydrogens is 398 g/mol. The Kier molecular flexibility index (Phi) is 7.35. The van der Waals surface area contributed by atoms with Crippen LogP contribution in [0.2, 0.25) is 0 Å². The van der Waals surface area contributed by atoms with E-state index in [1.54, 1.807) is 14.0 Å². The summed E-state index contributed by atoms with van der Waals surface area (Å²) < 4.78 is 6.95. The van der Waals surface area contributed by atoms with Crippen LogP contribution in [-0.2, 0) is 16.1 Å². The van der Waals surface area contributed by atoms with E-state index in [2.05, 4.69) is 15.7 Å². The summed E-state index contributed by atoms with van der Waals surface area (Å²) in [6.45, 7) is 6.91. The molecule has 1 fully saturated rings. The highest BCUT2D eigenvalue weighted by Crippen LogP contribution is 2.27. The van der Waals surface area contributed by atoms with Gasteiger partial charge in [-0.25, -0.2) is 0 Å². The van der Waals surface area contributed by atoms with Crippen LogP contribution in [0.3, 0.4) is 0 Å². The number of nitrogens with zero attached hydrogens (tertiary/aromatic N) is 3. The van der Waals surface area contributed by atoms with E-state index in [1.165, 1.54) is 22.1 Å². The van der Waals surface area contributed by atoms with Gasteiger partial charge in [-0.1, -0.05) is 19.3 Å². The second-order valence-corrected chi connectivity index (χ2v) is 9.05. The van der Waals surface area contributed by atoms with Crippen LogP contribution >= 0.6 is 0 Å². The fourth-order valence-corrected chi connectivity index (χ4v) is 4.11. The number of fused-ring (bicyclic) bond motifs is 1. The Balaban J connectivity index is 1.65. The highest BCUT2D eigenvalue weighted by Gasteiger charge is 2.46. The second-order valence-electron chi connectivity index (χ2n) is 9.05. The number of carbonyl (C=O) groups excluding carboxylic acids is 3. The van der Waals surface area contributed by atoms with Crippen molar-refractivity contribution in [1.82, 2.24) is 25.3 Å². The van der Waals surface area contributed by atoms with Crippen molar-refractivity contribution in [2.75, 3.05) is 20.2 Å². The Morgan fingerprint density at radius 1 is 1.29 bits per heavy atom. The Morgan fingerprint density at radius 2 is 2.00 bits per heavy atom. The minimum atomic E-state index is -1.06. The molecule has 0 radical (unpaired) electrons. The molecule has 0 saturated heterocycles. The van der Waals surface area contributed by atoms with Gasteiger partial charge in [0, 0.05) is 32.3 Å². The summed E-state index contributed by atoms with van der Waals surface area (Å²) in [6, 6.07) is 1.65. The molecule has 3 amide bonds. The summed E-state index contributed by atoms with van der Waals surface area (Å²) in [5.74, 6) is -0.827. The van der Waals surface area contributed by atoms with Crippen molar-refractivity contribution < 1.29 is 19.1 Å². The molecule has 9 heteroatoms. The Labute approximate surface area is 183 Å². The predicted octanol–water partition coefficient (Wildman–Crippen LogP) is 1.72. The molecule has 0 spiro atoms. The summed E-state index contributed by atoms with van der Waals surface area (Å²) in [7, 11) is 1.63. The van der Waals surface area contributed by atoms with Gasteiger partial charge in [0.05, 0.1) is 12.6 Å². The molecule has 2 heterocycles. The predicted molar refractivity (Wildman–Crippen MR) is 116 cm³/mol. The third-order valence-electron chi connectivity index (χ3n) is 6.22. The molecule has 1 unspecified atom stereocenters. The van der Waals surface area contributed by atoms with Crippen molar-refractivity contribution in [2.24, 2.45) is 0 Å². The van der Waals surface area contributed by atoms with Gasteiger partial charge in [0.25, 0.3) is 11.8 Å². The second kappa shape index (κ2) is 9.80. The largest absolute Gasteiger partial charge is 0.379 e. The zero-order chi connectivity index (χ0) is 22.6. The molecule has 1 saturated carbocycles. The van der Waals surface area contributed by atoms with E-state index in [4.69, 9.17) is 4.74 Å². The maximum atomic E-state index is 13.1. The first-order valence-corrected chi connectivity index (χ1v) is 11.3. The quantitative estimate of drug-likeness (QED) is 0.608. The minimum Gasteiger partial charge on any atom is -0.379 e. The number of rotatable bonds is 8. The molecule has 2 aliphatic rings. The van der Waals surface area contributed by atoms with Gasteiger partial charge in [-0.05, 0) is 40.0 Å². The summed E-state index contributed by atoms with van der Waals surface area (Å²) in [4.78, 5) is 40.0. The SMILES string of the molecule is CC(C)OCCCNC(=O)c1cc2n(n1)CC(C)(C(=O)NC1CCCCC1)N(C)C2=O. The number of hydrogen-bond donors (Lipinski definition) is 2. The Hall–Kier alpha value is -2.42. The normalized spacial score (nSPS) is 21.8. The lowest BCUT2D eigenvalue weighted by Crippen LogP contribution is -2.63. The summed E-state index contributed by atoms with van der Waals surface area (Å²) >= 11 is 0. The maximum Gasteiger partial charge on any atom is 0.272 e. The highest BCUT2D eigenvalue weighted by molar-refractivity contribution is 6.01. The van der Waals surface area contributed by atoms with Crippen molar-refractivity contribution in [1.29, 1.82) is 0 Å². The smallest absolute Gasteiger partial charge is 0.272 e. The topological polar surface area (TPSA) is 106 Å². The minimum absolute atomic E-state index is 0.154. The fraction of sp³-hybridized carbons (Fsp3) is 0.727. The number of likely N-dealkylation sites (N-methyl/N-ethyl adjacent to an activating group) is 1. The van der Waals surface area contributed by atoms with Crippen molar-refractivity contribution in [3.8, 4) is 0 Å².